The number of piperidine rings is 3. The molecule has 0 aromatic heterocycles. The third-order valence-electron chi connectivity index (χ3n) is 3.10. The largest absolute Gasteiger partial charge is 0.371 e. The van der Waals surface area contributed by atoms with E-state index >= 15 is 0 Å². The molecule has 3 fully saturated rings. The molecule has 13 heavy (non-hydrogen) atoms. The molecule has 3 saturated heterocycles. The minimum absolute atomic E-state index is 0.0310. The summed E-state index contributed by atoms with van der Waals surface area (Å²) in [5, 5.41) is 0. The van der Waals surface area contributed by atoms with Gasteiger partial charge in [-0.3, -0.25) is 0 Å². The third kappa shape index (κ3) is 2.23. The van der Waals surface area contributed by atoms with E-state index in [9.17, 15) is 0 Å². The summed E-state index contributed by atoms with van der Waals surface area (Å²) in [6, 6.07) is 0. The Bertz CT molecular complexity index is 177. The molecule has 3 aliphatic heterocycles. The fourth-order valence-corrected chi connectivity index (χ4v) is 2.50. The Morgan fingerprint density at radius 2 is 1.77 bits per heavy atom. The van der Waals surface area contributed by atoms with Crippen LogP contribution in [0.3, 0.4) is 0 Å². The summed E-state index contributed by atoms with van der Waals surface area (Å²) in [5.74, 6) is 0.837. The zero-order chi connectivity index (χ0) is 9.47. The molecule has 3 aliphatic rings. The van der Waals surface area contributed by atoms with Gasteiger partial charge in [0.25, 0.3) is 0 Å². The van der Waals surface area contributed by atoms with Crippen LogP contribution in [0.25, 0.3) is 0 Å². The van der Waals surface area contributed by atoms with Gasteiger partial charge < -0.3 is 9.64 Å². The summed E-state index contributed by atoms with van der Waals surface area (Å²) in [6.07, 6.45) is 3.20. The number of nitrogens with zero attached hydrogens (tertiary/aromatic N) is 1. The van der Waals surface area contributed by atoms with E-state index in [1.54, 1.807) is 0 Å². The second-order valence-electron chi connectivity index (χ2n) is 5.41. The maximum Gasteiger partial charge on any atom is 0.0738 e. The number of fused-ring (bicyclic) bond motifs is 3. The van der Waals surface area contributed by atoms with Gasteiger partial charge in [0.05, 0.1) is 11.7 Å². The van der Waals surface area contributed by atoms with Crippen LogP contribution >= 0.6 is 0 Å². The molecule has 3 heterocycles. The molecule has 0 unspecified atom stereocenters. The highest BCUT2D eigenvalue weighted by Gasteiger charge is 2.36. The van der Waals surface area contributed by atoms with E-state index in [-0.39, 0.29) is 5.60 Å². The summed E-state index contributed by atoms with van der Waals surface area (Å²) >= 11 is 0. The quantitative estimate of drug-likeness (QED) is 0.615. The molecule has 0 aliphatic carbocycles. The van der Waals surface area contributed by atoms with Crippen molar-refractivity contribution in [3.63, 3.8) is 0 Å². The molecule has 0 amide bonds. The second-order valence-corrected chi connectivity index (χ2v) is 5.41. The van der Waals surface area contributed by atoms with Crippen LogP contribution in [0.5, 0.6) is 0 Å². The summed E-state index contributed by atoms with van der Waals surface area (Å²) in [5.41, 5.74) is 0.0310. The van der Waals surface area contributed by atoms with Gasteiger partial charge in [-0.05, 0) is 52.6 Å². The van der Waals surface area contributed by atoms with Gasteiger partial charge in [0.1, 0.15) is 0 Å². The lowest BCUT2D eigenvalue weighted by molar-refractivity contribution is -0.131. The molecule has 2 heteroatoms. The minimum Gasteiger partial charge on any atom is -0.371 e. The van der Waals surface area contributed by atoms with Gasteiger partial charge in [-0.1, -0.05) is 0 Å². The lowest BCUT2D eigenvalue weighted by atomic mass is 9.85. The average molecular weight is 183 g/mol. The highest BCUT2D eigenvalue weighted by molar-refractivity contribution is 4.88. The van der Waals surface area contributed by atoms with Gasteiger partial charge in [0.2, 0.25) is 0 Å². The van der Waals surface area contributed by atoms with E-state index < -0.39 is 0 Å². The number of ether oxygens (including phenoxy) is 1. The maximum atomic E-state index is 6.07. The molecule has 0 aromatic carbocycles. The Balaban J connectivity index is 1.94. The molecule has 0 saturated carbocycles. The van der Waals surface area contributed by atoms with Gasteiger partial charge >= 0.3 is 0 Å². The third-order valence-corrected chi connectivity index (χ3v) is 3.10. The van der Waals surface area contributed by atoms with Crippen molar-refractivity contribution in [2.45, 2.75) is 45.3 Å². The lowest BCUT2D eigenvalue weighted by Crippen LogP contribution is -2.53. The first kappa shape index (κ1) is 9.47. The maximum absolute atomic E-state index is 6.07. The summed E-state index contributed by atoms with van der Waals surface area (Å²) < 4.78 is 6.07. The Morgan fingerprint density at radius 1 is 1.15 bits per heavy atom. The van der Waals surface area contributed by atoms with Crippen molar-refractivity contribution >= 4 is 0 Å². The van der Waals surface area contributed by atoms with Crippen molar-refractivity contribution in [2.75, 3.05) is 19.6 Å². The molecular weight excluding hydrogens is 162 g/mol. The molecule has 3 rings (SSSR count). The second kappa shape index (κ2) is 3.25. The van der Waals surface area contributed by atoms with Crippen LogP contribution in [-0.4, -0.2) is 36.2 Å². The molecule has 1 atom stereocenters. The van der Waals surface area contributed by atoms with E-state index in [0.717, 1.165) is 5.92 Å². The van der Waals surface area contributed by atoms with Gasteiger partial charge in [-0.15, -0.1) is 0 Å². The smallest absolute Gasteiger partial charge is 0.0738 e. The SMILES string of the molecule is CC(C)(C)O[C@H]1CN2CCC1CC2. The predicted octanol–water partition coefficient (Wildman–Crippen LogP) is 1.90. The lowest BCUT2D eigenvalue weighted by Gasteiger charge is -2.46. The minimum atomic E-state index is 0.0310. The van der Waals surface area contributed by atoms with Crippen molar-refractivity contribution in [1.82, 2.24) is 4.90 Å². The standard InChI is InChI=1S/C11H21NO/c1-11(2,3)13-10-8-12-6-4-9(10)5-7-12/h9-10H,4-8H2,1-3H3/t10-/m0/s1. The van der Waals surface area contributed by atoms with E-state index in [0.29, 0.717) is 6.10 Å². The predicted molar refractivity (Wildman–Crippen MR) is 53.8 cm³/mol. The Labute approximate surface area is 81.3 Å². The molecule has 76 valence electrons. The van der Waals surface area contributed by atoms with Gasteiger partial charge in [0, 0.05) is 6.54 Å². The topological polar surface area (TPSA) is 12.5 Å². The molecule has 0 aromatic rings. The molecule has 0 N–H and O–H groups in total. The van der Waals surface area contributed by atoms with Crippen LogP contribution in [0.15, 0.2) is 0 Å². The van der Waals surface area contributed by atoms with Crippen LogP contribution in [-0.2, 0) is 4.74 Å². The monoisotopic (exact) mass is 183 g/mol. The molecule has 0 radical (unpaired) electrons. The number of hydrogen-bond donors (Lipinski definition) is 0. The summed E-state index contributed by atoms with van der Waals surface area (Å²) in [7, 11) is 0. The van der Waals surface area contributed by atoms with Crippen LogP contribution < -0.4 is 0 Å². The summed E-state index contributed by atoms with van der Waals surface area (Å²) in [6.45, 7) is 10.2. The van der Waals surface area contributed by atoms with Crippen LogP contribution in [0, 0.1) is 5.92 Å². The van der Waals surface area contributed by atoms with E-state index in [2.05, 4.69) is 25.7 Å². The molecule has 2 bridgehead atoms. The van der Waals surface area contributed by atoms with Gasteiger partial charge in [0.15, 0.2) is 0 Å². The Morgan fingerprint density at radius 3 is 2.15 bits per heavy atom. The van der Waals surface area contributed by atoms with E-state index in [1.165, 1.54) is 32.5 Å². The van der Waals surface area contributed by atoms with Gasteiger partial charge in [-0.25, -0.2) is 0 Å². The van der Waals surface area contributed by atoms with Crippen molar-refractivity contribution < 1.29 is 4.74 Å². The fourth-order valence-electron chi connectivity index (χ4n) is 2.50. The number of rotatable bonds is 1. The van der Waals surface area contributed by atoms with Crippen LogP contribution in [0.2, 0.25) is 0 Å². The van der Waals surface area contributed by atoms with Crippen LogP contribution in [0.1, 0.15) is 33.6 Å². The Hall–Kier alpha value is -0.0800. The zero-order valence-corrected chi connectivity index (χ0v) is 9.05. The normalized spacial score (nSPS) is 39.5. The van der Waals surface area contributed by atoms with Crippen molar-refractivity contribution in [3.8, 4) is 0 Å². The van der Waals surface area contributed by atoms with Crippen LogP contribution in [0.4, 0.5) is 0 Å². The first-order valence-electron chi connectivity index (χ1n) is 5.45. The van der Waals surface area contributed by atoms with Crippen molar-refractivity contribution in [3.05, 3.63) is 0 Å². The van der Waals surface area contributed by atoms with Crippen molar-refractivity contribution in [2.24, 2.45) is 5.92 Å². The molecule has 2 nitrogen and oxygen atoms in total. The van der Waals surface area contributed by atoms with E-state index in [4.69, 9.17) is 4.74 Å². The molecule has 0 spiro atoms. The zero-order valence-electron chi connectivity index (χ0n) is 9.05. The average Bonchev–Trinajstić information content (AvgIpc) is 2.03. The number of hydrogen-bond acceptors (Lipinski definition) is 2. The molecular formula is C11H21NO. The van der Waals surface area contributed by atoms with E-state index in [1.807, 2.05) is 0 Å². The fraction of sp³-hybridized carbons (Fsp3) is 1.00. The van der Waals surface area contributed by atoms with Crippen molar-refractivity contribution in [1.29, 1.82) is 0 Å². The first-order valence-corrected chi connectivity index (χ1v) is 5.45. The Kier molecular flexibility index (Phi) is 2.37. The van der Waals surface area contributed by atoms with Gasteiger partial charge in [-0.2, -0.15) is 0 Å². The first-order chi connectivity index (χ1) is 6.04. The summed E-state index contributed by atoms with van der Waals surface area (Å²) in [4.78, 5) is 2.54. The highest BCUT2D eigenvalue weighted by atomic mass is 16.5. The highest BCUT2D eigenvalue weighted by Crippen LogP contribution is 2.31.